The van der Waals surface area contributed by atoms with Crippen LogP contribution in [-0.4, -0.2) is 36.9 Å². The van der Waals surface area contributed by atoms with Crippen LogP contribution in [0.15, 0.2) is 58.3 Å². The van der Waals surface area contributed by atoms with Gasteiger partial charge < -0.3 is 15.2 Å². The van der Waals surface area contributed by atoms with Crippen molar-refractivity contribution >= 4 is 17.7 Å². The van der Waals surface area contributed by atoms with E-state index in [0.717, 1.165) is 9.79 Å². The Balaban J connectivity index is 2.00. The number of nitriles is 1. The lowest BCUT2D eigenvalue weighted by molar-refractivity contribution is 0.0259. The number of aliphatic hydroxyl groups excluding tert-OH is 1. The zero-order valence-electron chi connectivity index (χ0n) is 15.5. The zero-order chi connectivity index (χ0) is 19.6. The predicted molar refractivity (Wildman–Crippen MR) is 106 cm³/mol. The molecule has 0 radical (unpaired) electrons. The van der Waals surface area contributed by atoms with E-state index in [0.29, 0.717) is 23.7 Å². The largest absolute Gasteiger partial charge is 0.389 e. The van der Waals surface area contributed by atoms with E-state index in [1.165, 1.54) is 11.8 Å². The summed E-state index contributed by atoms with van der Waals surface area (Å²) in [6.07, 6.45) is -0.758. The van der Waals surface area contributed by atoms with Gasteiger partial charge in [-0.25, -0.2) is 0 Å². The smallest absolute Gasteiger partial charge is 0.252 e. The van der Waals surface area contributed by atoms with Crippen molar-refractivity contribution < 1.29 is 14.6 Å². The van der Waals surface area contributed by atoms with Crippen LogP contribution in [0, 0.1) is 17.2 Å². The van der Waals surface area contributed by atoms with Gasteiger partial charge in [0.25, 0.3) is 5.91 Å². The fraction of sp³-hybridized carbons (Fsp3) is 0.333. The number of aliphatic hydroxyl groups is 1. The summed E-state index contributed by atoms with van der Waals surface area (Å²) in [6.45, 7) is 4.94. The second kappa shape index (κ2) is 10.7. The van der Waals surface area contributed by atoms with Crippen LogP contribution >= 0.6 is 11.8 Å². The van der Waals surface area contributed by atoms with E-state index in [2.05, 4.69) is 11.4 Å². The molecule has 1 atom stereocenters. The summed E-state index contributed by atoms with van der Waals surface area (Å²) in [4.78, 5) is 14.1. The van der Waals surface area contributed by atoms with Crippen LogP contribution in [0.25, 0.3) is 0 Å². The summed E-state index contributed by atoms with van der Waals surface area (Å²) in [6, 6.07) is 16.6. The highest BCUT2D eigenvalue weighted by Gasteiger charge is 2.15. The van der Waals surface area contributed by atoms with E-state index in [-0.39, 0.29) is 19.1 Å². The molecule has 142 valence electrons. The number of carbonyl (C=O) groups is 1. The lowest BCUT2D eigenvalue weighted by Gasteiger charge is -2.15. The molecular formula is C21H24N2O3S. The van der Waals surface area contributed by atoms with Crippen LogP contribution in [0.4, 0.5) is 0 Å². The summed E-state index contributed by atoms with van der Waals surface area (Å²) >= 11 is 1.37. The maximum atomic E-state index is 12.6. The van der Waals surface area contributed by atoms with Gasteiger partial charge in [-0.15, -0.1) is 0 Å². The van der Waals surface area contributed by atoms with Crippen molar-refractivity contribution in [3.05, 3.63) is 59.7 Å². The highest BCUT2D eigenvalue weighted by molar-refractivity contribution is 7.99. The highest BCUT2D eigenvalue weighted by atomic mass is 32.2. The minimum atomic E-state index is -0.758. The Labute approximate surface area is 164 Å². The van der Waals surface area contributed by atoms with E-state index >= 15 is 0 Å². The maximum Gasteiger partial charge on any atom is 0.252 e. The molecule has 0 saturated heterocycles. The number of nitrogens with zero attached hydrogens (tertiary/aromatic N) is 1. The summed E-state index contributed by atoms with van der Waals surface area (Å²) in [7, 11) is 0. The first-order chi connectivity index (χ1) is 13.0. The fourth-order valence-corrected chi connectivity index (χ4v) is 3.34. The van der Waals surface area contributed by atoms with Gasteiger partial charge in [0.1, 0.15) is 6.07 Å². The number of hydrogen-bond acceptors (Lipinski definition) is 5. The highest BCUT2D eigenvalue weighted by Crippen LogP contribution is 2.32. The van der Waals surface area contributed by atoms with Crippen molar-refractivity contribution in [3.63, 3.8) is 0 Å². The van der Waals surface area contributed by atoms with Crippen LogP contribution in [0.5, 0.6) is 0 Å². The molecule has 0 spiro atoms. The Morgan fingerprint density at radius 3 is 2.52 bits per heavy atom. The lowest BCUT2D eigenvalue weighted by Crippen LogP contribution is -2.35. The number of benzene rings is 2. The van der Waals surface area contributed by atoms with E-state index < -0.39 is 6.10 Å². The summed E-state index contributed by atoms with van der Waals surface area (Å²) < 4.78 is 5.39. The molecule has 5 nitrogen and oxygen atoms in total. The Hall–Kier alpha value is -2.33. The first kappa shape index (κ1) is 21.0. The van der Waals surface area contributed by atoms with Gasteiger partial charge in [-0.1, -0.05) is 49.9 Å². The van der Waals surface area contributed by atoms with Crippen LogP contribution in [0.1, 0.15) is 29.8 Å². The van der Waals surface area contributed by atoms with Crippen LogP contribution in [-0.2, 0) is 4.74 Å². The topological polar surface area (TPSA) is 82.3 Å². The monoisotopic (exact) mass is 384 g/mol. The van der Waals surface area contributed by atoms with Gasteiger partial charge in [-0.2, -0.15) is 5.26 Å². The summed E-state index contributed by atoms with van der Waals surface area (Å²) in [5, 5.41) is 21.9. The number of ether oxygens (including phenoxy) is 1. The molecule has 0 aliphatic heterocycles. The fourth-order valence-electron chi connectivity index (χ4n) is 2.31. The first-order valence-electron chi connectivity index (χ1n) is 8.81. The van der Waals surface area contributed by atoms with Crippen LogP contribution in [0.3, 0.4) is 0 Å². The van der Waals surface area contributed by atoms with Gasteiger partial charge in [0.05, 0.1) is 23.8 Å². The molecule has 0 bridgehead atoms. The molecular weight excluding hydrogens is 360 g/mol. The molecule has 2 aromatic carbocycles. The molecule has 0 heterocycles. The van der Waals surface area contributed by atoms with E-state index in [1.807, 2.05) is 44.2 Å². The van der Waals surface area contributed by atoms with Crippen molar-refractivity contribution in [1.29, 1.82) is 5.26 Å². The molecule has 1 amide bonds. The predicted octanol–water partition coefficient (Wildman–Crippen LogP) is 3.47. The van der Waals surface area contributed by atoms with Crippen LogP contribution < -0.4 is 5.32 Å². The Bertz CT molecular complexity index is 802. The average molecular weight is 385 g/mol. The van der Waals surface area contributed by atoms with Crippen molar-refractivity contribution in [2.24, 2.45) is 5.92 Å². The van der Waals surface area contributed by atoms with E-state index in [4.69, 9.17) is 4.74 Å². The van der Waals surface area contributed by atoms with Gasteiger partial charge in [-0.3, -0.25) is 4.79 Å². The maximum absolute atomic E-state index is 12.6. The lowest BCUT2D eigenvalue weighted by atomic mass is 10.2. The third-order valence-electron chi connectivity index (χ3n) is 3.62. The Kier molecular flexibility index (Phi) is 8.34. The normalized spacial score (nSPS) is 11.8. The van der Waals surface area contributed by atoms with E-state index in [9.17, 15) is 15.2 Å². The summed E-state index contributed by atoms with van der Waals surface area (Å²) in [5.74, 6) is 0.127. The number of nitrogens with one attached hydrogen (secondary N) is 1. The second-order valence-electron chi connectivity index (χ2n) is 6.50. The number of rotatable bonds is 9. The van der Waals surface area contributed by atoms with Gasteiger partial charge in [0.15, 0.2) is 0 Å². The number of carbonyl (C=O) groups excluding carboxylic acids is 1. The zero-order valence-corrected chi connectivity index (χ0v) is 16.3. The third-order valence-corrected chi connectivity index (χ3v) is 4.77. The molecule has 27 heavy (non-hydrogen) atoms. The minimum absolute atomic E-state index is 0.116. The van der Waals surface area contributed by atoms with E-state index in [1.54, 1.807) is 18.2 Å². The van der Waals surface area contributed by atoms with Gasteiger partial charge in [-0.05, 0) is 30.2 Å². The molecule has 0 aliphatic rings. The second-order valence-corrected chi connectivity index (χ2v) is 7.59. The molecule has 0 unspecified atom stereocenters. The molecule has 0 fully saturated rings. The van der Waals surface area contributed by atoms with Gasteiger partial charge in [0, 0.05) is 22.9 Å². The van der Waals surface area contributed by atoms with Crippen molar-refractivity contribution in [2.75, 3.05) is 19.8 Å². The Morgan fingerprint density at radius 2 is 1.81 bits per heavy atom. The molecule has 6 heteroatoms. The van der Waals surface area contributed by atoms with Crippen molar-refractivity contribution in [1.82, 2.24) is 5.32 Å². The summed E-state index contributed by atoms with van der Waals surface area (Å²) in [5.41, 5.74) is 1.07. The van der Waals surface area contributed by atoms with Crippen molar-refractivity contribution in [3.8, 4) is 6.07 Å². The SMILES string of the molecule is CC(C)COC[C@@H](O)CNC(=O)c1ccccc1Sc1ccccc1C#N. The number of hydrogen-bond donors (Lipinski definition) is 2. The van der Waals surface area contributed by atoms with Crippen molar-refractivity contribution in [2.45, 2.75) is 29.7 Å². The molecule has 0 aliphatic carbocycles. The first-order valence-corrected chi connectivity index (χ1v) is 9.63. The molecule has 0 aromatic heterocycles. The van der Waals surface area contributed by atoms with Crippen LogP contribution in [0.2, 0.25) is 0 Å². The standard InChI is InChI=1S/C21H24N2O3S/c1-15(2)13-26-14-17(24)12-23-21(25)18-8-4-6-10-20(18)27-19-9-5-3-7-16(19)11-22/h3-10,15,17,24H,12-14H2,1-2H3,(H,23,25)/t17-/m0/s1. The molecule has 2 aromatic rings. The Morgan fingerprint density at radius 1 is 1.15 bits per heavy atom. The minimum Gasteiger partial charge on any atom is -0.389 e. The van der Waals surface area contributed by atoms with Gasteiger partial charge in [0.2, 0.25) is 0 Å². The third kappa shape index (κ3) is 6.72. The number of amides is 1. The quantitative estimate of drug-likeness (QED) is 0.692. The average Bonchev–Trinajstić information content (AvgIpc) is 2.66. The van der Waals surface area contributed by atoms with Gasteiger partial charge >= 0.3 is 0 Å². The molecule has 2 N–H and O–H groups in total. The molecule has 2 rings (SSSR count). The molecule has 0 saturated carbocycles.